The van der Waals surface area contributed by atoms with Gasteiger partial charge in [0.25, 0.3) is 0 Å². The van der Waals surface area contributed by atoms with Gasteiger partial charge in [0.1, 0.15) is 5.52 Å². The second-order valence-corrected chi connectivity index (χ2v) is 5.29. The summed E-state index contributed by atoms with van der Waals surface area (Å²) in [4.78, 5) is 18.7. The van der Waals surface area contributed by atoms with E-state index in [1.165, 1.54) is 12.8 Å². The van der Waals surface area contributed by atoms with Gasteiger partial charge in [0.2, 0.25) is 5.95 Å². The van der Waals surface area contributed by atoms with Gasteiger partial charge >= 0.3 is 0 Å². The van der Waals surface area contributed by atoms with Crippen LogP contribution in [0.5, 0.6) is 0 Å². The van der Waals surface area contributed by atoms with Crippen LogP contribution in [0.25, 0.3) is 11.2 Å². The second kappa shape index (κ2) is 3.83. The van der Waals surface area contributed by atoms with E-state index in [1.807, 2.05) is 7.05 Å². The van der Waals surface area contributed by atoms with Crippen molar-refractivity contribution in [2.24, 2.45) is 0 Å². The van der Waals surface area contributed by atoms with E-state index in [9.17, 15) is 0 Å². The zero-order valence-corrected chi connectivity index (χ0v) is 11.0. The molecule has 6 heteroatoms. The largest absolute Gasteiger partial charge is 0.357 e. The van der Waals surface area contributed by atoms with Crippen molar-refractivity contribution in [1.82, 2.24) is 19.9 Å². The van der Waals surface area contributed by atoms with Crippen LogP contribution in [0, 0.1) is 0 Å². The zero-order chi connectivity index (χ0) is 12.8. The number of H-pyrrole nitrogens is 1. The van der Waals surface area contributed by atoms with Gasteiger partial charge in [-0.3, -0.25) is 0 Å². The molecule has 1 aliphatic heterocycles. The predicted molar refractivity (Wildman–Crippen MR) is 71.9 cm³/mol. The predicted octanol–water partition coefficient (Wildman–Crippen LogP) is 1.77. The average molecular weight is 246 g/mol. The Bertz CT molecular complexity index is 573. The van der Waals surface area contributed by atoms with Crippen LogP contribution in [0.3, 0.4) is 0 Å². The number of hydrogen-bond acceptors (Lipinski definition) is 5. The summed E-state index contributed by atoms with van der Waals surface area (Å²) in [6.07, 6.45) is 4.05. The highest BCUT2D eigenvalue weighted by atomic mass is 15.3. The SMILES string of the molecule is CNc1nc(N2CCCC2(C)C)c2[nH]cnc2n1. The van der Waals surface area contributed by atoms with Gasteiger partial charge in [-0.15, -0.1) is 0 Å². The first-order valence-electron chi connectivity index (χ1n) is 6.28. The van der Waals surface area contributed by atoms with E-state index in [0.29, 0.717) is 11.6 Å². The highest BCUT2D eigenvalue weighted by Gasteiger charge is 2.34. The summed E-state index contributed by atoms with van der Waals surface area (Å²) in [6.45, 7) is 5.54. The summed E-state index contributed by atoms with van der Waals surface area (Å²) in [7, 11) is 1.83. The minimum Gasteiger partial charge on any atom is -0.357 e. The fourth-order valence-electron chi connectivity index (χ4n) is 2.63. The maximum Gasteiger partial charge on any atom is 0.226 e. The number of hydrogen-bond donors (Lipinski definition) is 2. The topological polar surface area (TPSA) is 69.7 Å². The monoisotopic (exact) mass is 246 g/mol. The van der Waals surface area contributed by atoms with Crippen LogP contribution >= 0.6 is 0 Å². The molecule has 2 aromatic heterocycles. The molecule has 2 aromatic rings. The van der Waals surface area contributed by atoms with Gasteiger partial charge in [-0.25, -0.2) is 4.98 Å². The number of aromatic amines is 1. The van der Waals surface area contributed by atoms with Crippen molar-refractivity contribution < 1.29 is 0 Å². The number of anilines is 2. The van der Waals surface area contributed by atoms with E-state index < -0.39 is 0 Å². The second-order valence-electron chi connectivity index (χ2n) is 5.29. The van der Waals surface area contributed by atoms with E-state index in [2.05, 4.69) is 44.0 Å². The summed E-state index contributed by atoms with van der Waals surface area (Å²) in [5.41, 5.74) is 1.77. The number of imidazole rings is 1. The van der Waals surface area contributed by atoms with Crippen molar-refractivity contribution in [3.05, 3.63) is 6.33 Å². The standard InChI is InChI=1S/C12H18N6/c1-12(2)5-4-6-18(12)10-8-9(15-7-14-8)16-11(13-3)17-10/h7H,4-6H2,1-3H3,(H2,13,14,15,16,17). The molecule has 0 atom stereocenters. The number of nitrogens with zero attached hydrogens (tertiary/aromatic N) is 4. The fraction of sp³-hybridized carbons (Fsp3) is 0.583. The highest BCUT2D eigenvalue weighted by Crippen LogP contribution is 2.35. The molecule has 1 fully saturated rings. The maximum absolute atomic E-state index is 4.60. The van der Waals surface area contributed by atoms with Crippen molar-refractivity contribution in [3.8, 4) is 0 Å². The van der Waals surface area contributed by atoms with Crippen LogP contribution in [-0.4, -0.2) is 39.1 Å². The van der Waals surface area contributed by atoms with Gasteiger partial charge in [-0.2, -0.15) is 9.97 Å². The third-order valence-corrected chi connectivity index (χ3v) is 3.65. The average Bonchev–Trinajstić information content (AvgIpc) is 2.93. The van der Waals surface area contributed by atoms with Crippen LogP contribution < -0.4 is 10.2 Å². The molecule has 3 heterocycles. The van der Waals surface area contributed by atoms with Crippen LogP contribution in [-0.2, 0) is 0 Å². The number of rotatable bonds is 2. The molecular formula is C12H18N6. The molecule has 0 bridgehead atoms. The lowest BCUT2D eigenvalue weighted by molar-refractivity contribution is 0.515. The molecule has 0 amide bonds. The van der Waals surface area contributed by atoms with Crippen molar-refractivity contribution in [3.63, 3.8) is 0 Å². The van der Waals surface area contributed by atoms with Gasteiger partial charge in [-0.1, -0.05) is 0 Å². The van der Waals surface area contributed by atoms with E-state index in [4.69, 9.17) is 0 Å². The fourth-order valence-corrected chi connectivity index (χ4v) is 2.63. The first-order chi connectivity index (χ1) is 8.62. The van der Waals surface area contributed by atoms with Gasteiger partial charge in [0, 0.05) is 19.1 Å². The first-order valence-corrected chi connectivity index (χ1v) is 6.28. The Morgan fingerprint density at radius 3 is 2.89 bits per heavy atom. The number of fused-ring (bicyclic) bond motifs is 1. The third-order valence-electron chi connectivity index (χ3n) is 3.65. The maximum atomic E-state index is 4.60. The Kier molecular flexibility index (Phi) is 2.39. The highest BCUT2D eigenvalue weighted by molar-refractivity contribution is 5.84. The molecule has 0 saturated carbocycles. The van der Waals surface area contributed by atoms with Crippen molar-refractivity contribution in [2.45, 2.75) is 32.2 Å². The molecule has 2 N–H and O–H groups in total. The van der Waals surface area contributed by atoms with Crippen LogP contribution in [0.1, 0.15) is 26.7 Å². The smallest absolute Gasteiger partial charge is 0.226 e. The molecule has 0 aromatic carbocycles. The molecule has 1 saturated heterocycles. The lowest BCUT2D eigenvalue weighted by atomic mass is 10.0. The minimum absolute atomic E-state index is 0.136. The summed E-state index contributed by atoms with van der Waals surface area (Å²) in [6, 6.07) is 0. The van der Waals surface area contributed by atoms with Gasteiger partial charge in [0.05, 0.1) is 6.33 Å². The molecule has 0 unspecified atom stereocenters. The molecule has 3 rings (SSSR count). The van der Waals surface area contributed by atoms with E-state index in [-0.39, 0.29) is 5.54 Å². The molecule has 1 aliphatic rings. The normalized spacial score (nSPS) is 18.5. The van der Waals surface area contributed by atoms with Crippen molar-refractivity contribution in [2.75, 3.05) is 23.8 Å². The van der Waals surface area contributed by atoms with Gasteiger partial charge < -0.3 is 15.2 Å². The Hall–Kier alpha value is -1.85. The molecule has 18 heavy (non-hydrogen) atoms. The Morgan fingerprint density at radius 1 is 1.39 bits per heavy atom. The quantitative estimate of drug-likeness (QED) is 0.845. The summed E-state index contributed by atoms with van der Waals surface area (Å²) in [5, 5.41) is 3.00. The molecule has 6 nitrogen and oxygen atoms in total. The van der Waals surface area contributed by atoms with Gasteiger partial charge in [-0.05, 0) is 26.7 Å². The van der Waals surface area contributed by atoms with E-state index >= 15 is 0 Å². The van der Waals surface area contributed by atoms with Crippen molar-refractivity contribution >= 4 is 22.9 Å². The van der Waals surface area contributed by atoms with Crippen LogP contribution in [0.2, 0.25) is 0 Å². The van der Waals surface area contributed by atoms with Crippen LogP contribution in [0.15, 0.2) is 6.33 Å². The molecule has 0 spiro atoms. The molecular weight excluding hydrogens is 228 g/mol. The third kappa shape index (κ3) is 1.60. The summed E-state index contributed by atoms with van der Waals surface area (Å²) < 4.78 is 0. The minimum atomic E-state index is 0.136. The summed E-state index contributed by atoms with van der Waals surface area (Å²) >= 11 is 0. The molecule has 0 aliphatic carbocycles. The Labute approximate surface area is 106 Å². The van der Waals surface area contributed by atoms with Gasteiger partial charge in [0.15, 0.2) is 11.5 Å². The van der Waals surface area contributed by atoms with E-state index in [0.717, 1.165) is 17.9 Å². The number of nitrogens with one attached hydrogen (secondary N) is 2. The Balaban J connectivity index is 2.18. The number of aromatic nitrogens is 4. The lowest BCUT2D eigenvalue weighted by Gasteiger charge is -2.32. The molecule has 96 valence electrons. The van der Waals surface area contributed by atoms with Crippen molar-refractivity contribution in [1.29, 1.82) is 0 Å². The molecule has 0 radical (unpaired) electrons. The zero-order valence-electron chi connectivity index (χ0n) is 11.0. The Morgan fingerprint density at radius 2 is 2.22 bits per heavy atom. The lowest BCUT2D eigenvalue weighted by Crippen LogP contribution is -2.39. The summed E-state index contributed by atoms with van der Waals surface area (Å²) in [5.74, 6) is 1.57. The van der Waals surface area contributed by atoms with E-state index in [1.54, 1.807) is 6.33 Å². The first kappa shape index (κ1) is 11.3. The van der Waals surface area contributed by atoms with Crippen LogP contribution in [0.4, 0.5) is 11.8 Å².